The van der Waals surface area contributed by atoms with Crippen LogP contribution in [0.3, 0.4) is 0 Å². The van der Waals surface area contributed by atoms with Gasteiger partial charge in [0.15, 0.2) is 0 Å². The van der Waals surface area contributed by atoms with Crippen molar-refractivity contribution in [3.05, 3.63) is 60.2 Å². The maximum Gasteiger partial charge on any atom is 0.339 e. The van der Waals surface area contributed by atoms with E-state index < -0.39 is 0 Å². The summed E-state index contributed by atoms with van der Waals surface area (Å²) in [4.78, 5) is 15.0. The van der Waals surface area contributed by atoms with E-state index in [1.165, 1.54) is 0 Å². The van der Waals surface area contributed by atoms with Gasteiger partial charge in [-0.15, -0.1) is 12.4 Å². The topological polar surface area (TPSA) is 29.5 Å². The molecule has 0 N–H and O–H groups in total. The number of carbonyl (C=O) groups excluding carboxylic acids is 1. The molecule has 3 rings (SSSR count). The average Bonchev–Trinajstić information content (AvgIpc) is 2.63. The molecule has 3 aromatic rings. The Morgan fingerprint density at radius 1 is 0.920 bits per heavy atom. The summed E-state index contributed by atoms with van der Waals surface area (Å²) in [6, 6.07) is 18.1. The molecule has 0 aliphatic rings. The molecule has 0 fully saturated rings. The number of rotatable bonds is 6. The van der Waals surface area contributed by atoms with Gasteiger partial charge >= 0.3 is 5.97 Å². The van der Waals surface area contributed by atoms with E-state index in [1.807, 2.05) is 48.5 Å². The monoisotopic (exact) mass is 357 g/mol. The van der Waals surface area contributed by atoms with Gasteiger partial charge in [-0.2, -0.15) is 0 Å². The van der Waals surface area contributed by atoms with Crippen molar-refractivity contribution in [2.24, 2.45) is 0 Å². The van der Waals surface area contributed by atoms with E-state index in [0.717, 1.165) is 41.2 Å². The highest BCUT2D eigenvalue weighted by Crippen LogP contribution is 2.29. The number of hydrogen-bond donors (Lipinski definition) is 0. The van der Waals surface area contributed by atoms with Gasteiger partial charge in [0.1, 0.15) is 6.61 Å². The minimum Gasteiger partial charge on any atom is -0.461 e. The molecule has 0 saturated carbocycles. The van der Waals surface area contributed by atoms with Gasteiger partial charge < -0.3 is 9.64 Å². The normalized spacial score (nSPS) is 10.8. The fourth-order valence-corrected chi connectivity index (χ4v) is 3.11. The van der Waals surface area contributed by atoms with Crippen LogP contribution in [0.4, 0.5) is 0 Å². The van der Waals surface area contributed by atoms with Gasteiger partial charge in [-0.3, -0.25) is 0 Å². The molecule has 3 nitrogen and oxygen atoms in total. The minimum atomic E-state index is -0.241. The van der Waals surface area contributed by atoms with E-state index in [2.05, 4.69) is 24.8 Å². The van der Waals surface area contributed by atoms with Gasteiger partial charge in [-0.05, 0) is 40.7 Å². The van der Waals surface area contributed by atoms with Crippen LogP contribution in [-0.4, -0.2) is 37.1 Å². The third-order valence-corrected chi connectivity index (χ3v) is 4.51. The van der Waals surface area contributed by atoms with Gasteiger partial charge in [0.2, 0.25) is 0 Å². The molecule has 0 spiro atoms. The molecular weight excluding hydrogens is 334 g/mol. The van der Waals surface area contributed by atoms with Crippen molar-refractivity contribution in [2.75, 3.05) is 26.2 Å². The summed E-state index contributed by atoms with van der Waals surface area (Å²) in [6.45, 7) is 7.34. The van der Waals surface area contributed by atoms with E-state index in [-0.39, 0.29) is 18.4 Å². The first-order valence-corrected chi connectivity index (χ1v) is 8.54. The fraction of sp³-hybridized carbons (Fsp3) is 0.286. The number of fused-ring (bicyclic) bond motifs is 2. The van der Waals surface area contributed by atoms with E-state index in [1.54, 1.807) is 0 Å². The Morgan fingerprint density at radius 2 is 1.44 bits per heavy atom. The Kier molecular flexibility index (Phi) is 6.80. The second kappa shape index (κ2) is 8.84. The zero-order valence-electron chi connectivity index (χ0n) is 14.7. The first kappa shape index (κ1) is 19.2. The van der Waals surface area contributed by atoms with Crippen molar-refractivity contribution in [2.45, 2.75) is 13.8 Å². The molecule has 4 heteroatoms. The number of benzene rings is 3. The van der Waals surface area contributed by atoms with E-state index in [4.69, 9.17) is 4.74 Å². The van der Waals surface area contributed by atoms with Gasteiger partial charge in [0.25, 0.3) is 0 Å². The summed E-state index contributed by atoms with van der Waals surface area (Å²) in [5, 5.41) is 4.02. The summed E-state index contributed by atoms with van der Waals surface area (Å²) in [5.41, 5.74) is 0.670. The lowest BCUT2D eigenvalue weighted by atomic mass is 9.97. The largest absolute Gasteiger partial charge is 0.461 e. The van der Waals surface area contributed by atoms with Crippen LogP contribution in [-0.2, 0) is 4.74 Å². The molecular formula is C21H24ClNO2. The number of esters is 1. The summed E-state index contributed by atoms with van der Waals surface area (Å²) in [6.07, 6.45) is 0. The third kappa shape index (κ3) is 4.12. The molecule has 0 aromatic heterocycles. The zero-order chi connectivity index (χ0) is 16.9. The zero-order valence-corrected chi connectivity index (χ0v) is 15.5. The summed E-state index contributed by atoms with van der Waals surface area (Å²) >= 11 is 0. The molecule has 0 heterocycles. The molecule has 3 aromatic carbocycles. The van der Waals surface area contributed by atoms with Crippen LogP contribution >= 0.6 is 12.4 Å². The molecule has 0 amide bonds. The van der Waals surface area contributed by atoms with Crippen LogP contribution < -0.4 is 0 Å². The van der Waals surface area contributed by atoms with Crippen molar-refractivity contribution < 1.29 is 9.53 Å². The first-order valence-electron chi connectivity index (χ1n) is 8.54. The molecule has 0 saturated heterocycles. The van der Waals surface area contributed by atoms with Crippen molar-refractivity contribution >= 4 is 39.9 Å². The second-order valence-electron chi connectivity index (χ2n) is 5.86. The molecule has 0 aliphatic carbocycles. The van der Waals surface area contributed by atoms with Crippen LogP contribution in [0.15, 0.2) is 54.6 Å². The number of ether oxygens (including phenoxy) is 1. The Balaban J connectivity index is 0.00000225. The number of halogens is 1. The van der Waals surface area contributed by atoms with Gasteiger partial charge in [0.05, 0.1) is 5.56 Å². The minimum absolute atomic E-state index is 0. The molecule has 0 unspecified atom stereocenters. The number of likely N-dealkylation sites (N-methyl/N-ethyl adjacent to an activating group) is 1. The number of hydrogen-bond acceptors (Lipinski definition) is 3. The summed E-state index contributed by atoms with van der Waals surface area (Å²) < 4.78 is 5.60. The third-order valence-electron chi connectivity index (χ3n) is 4.51. The van der Waals surface area contributed by atoms with Crippen molar-refractivity contribution in [1.82, 2.24) is 4.90 Å². The number of nitrogens with zero attached hydrogens (tertiary/aromatic N) is 1. The lowest BCUT2D eigenvalue weighted by Crippen LogP contribution is -2.28. The highest BCUT2D eigenvalue weighted by Gasteiger charge is 2.16. The van der Waals surface area contributed by atoms with Gasteiger partial charge in [-0.25, -0.2) is 4.79 Å². The van der Waals surface area contributed by atoms with Gasteiger partial charge in [-0.1, -0.05) is 62.4 Å². The lowest BCUT2D eigenvalue weighted by Gasteiger charge is -2.18. The second-order valence-corrected chi connectivity index (χ2v) is 5.86. The standard InChI is InChI=1S/C21H23NO2.ClH/c1-3-22(4-2)13-14-24-21(23)20-18-11-7-5-9-16(18)15-17-10-6-8-12-19(17)20;/h5-12,15H,3-4,13-14H2,1-2H3;1H. The molecule has 0 bridgehead atoms. The lowest BCUT2D eigenvalue weighted by molar-refractivity contribution is 0.0471. The molecule has 0 atom stereocenters. The van der Waals surface area contributed by atoms with Crippen LogP contribution in [0.25, 0.3) is 21.5 Å². The maximum atomic E-state index is 12.8. The summed E-state index contributed by atoms with van der Waals surface area (Å²) in [7, 11) is 0. The van der Waals surface area contributed by atoms with Crippen LogP contribution in [0.5, 0.6) is 0 Å². The number of carbonyl (C=O) groups is 1. The first-order chi connectivity index (χ1) is 11.7. The van der Waals surface area contributed by atoms with E-state index in [9.17, 15) is 4.79 Å². The average molecular weight is 358 g/mol. The van der Waals surface area contributed by atoms with Gasteiger partial charge in [0, 0.05) is 6.54 Å². The molecule has 0 aliphatic heterocycles. The van der Waals surface area contributed by atoms with Crippen LogP contribution in [0.1, 0.15) is 24.2 Å². The Bertz CT molecular complexity index is 805. The smallest absolute Gasteiger partial charge is 0.339 e. The highest BCUT2D eigenvalue weighted by molar-refractivity contribution is 6.16. The Morgan fingerprint density at radius 3 is 1.96 bits per heavy atom. The van der Waals surface area contributed by atoms with E-state index >= 15 is 0 Å². The van der Waals surface area contributed by atoms with Crippen LogP contribution in [0, 0.1) is 0 Å². The van der Waals surface area contributed by atoms with Crippen molar-refractivity contribution in [3.63, 3.8) is 0 Å². The molecule has 132 valence electrons. The predicted molar refractivity (Wildman–Crippen MR) is 107 cm³/mol. The maximum absolute atomic E-state index is 12.8. The predicted octanol–water partition coefficient (Wildman–Crippen LogP) is 4.91. The van der Waals surface area contributed by atoms with Crippen LogP contribution in [0.2, 0.25) is 0 Å². The quantitative estimate of drug-likeness (QED) is 0.463. The summed E-state index contributed by atoms with van der Waals surface area (Å²) in [5.74, 6) is -0.241. The fourth-order valence-electron chi connectivity index (χ4n) is 3.11. The molecule has 0 radical (unpaired) electrons. The SMILES string of the molecule is CCN(CC)CCOC(=O)c1c2ccccc2cc2ccccc12.Cl. The van der Waals surface area contributed by atoms with Crippen molar-refractivity contribution in [3.8, 4) is 0 Å². The Labute approximate surface area is 155 Å². The highest BCUT2D eigenvalue weighted by atomic mass is 35.5. The van der Waals surface area contributed by atoms with Crippen molar-refractivity contribution in [1.29, 1.82) is 0 Å². The molecule has 25 heavy (non-hydrogen) atoms. The van der Waals surface area contributed by atoms with E-state index in [0.29, 0.717) is 12.2 Å². The Hall–Kier alpha value is -2.10.